The quantitative estimate of drug-likeness (QED) is 0.664. The fraction of sp³-hybridized carbons (Fsp3) is 0.889. The van der Waals surface area contributed by atoms with Crippen molar-refractivity contribution in [3.05, 3.63) is 12.2 Å². The third-order valence-corrected chi connectivity index (χ3v) is 4.77. The van der Waals surface area contributed by atoms with E-state index in [1.54, 1.807) is 0 Å². The molecule has 0 radical (unpaired) electrons. The van der Waals surface area contributed by atoms with Crippen LogP contribution >= 0.6 is 0 Å². The molecular weight excluding hydrogens is 244 g/mol. The Hall–Kier alpha value is -0.340. The molecule has 1 heterocycles. The van der Waals surface area contributed by atoms with Crippen molar-refractivity contribution in [2.45, 2.75) is 84.2 Å². The molecule has 0 aliphatic carbocycles. The Morgan fingerprint density at radius 3 is 2.30 bits per heavy atom. The van der Waals surface area contributed by atoms with E-state index < -0.39 is 0 Å². The molecule has 0 bridgehead atoms. The second-order valence-corrected chi connectivity index (χ2v) is 7.06. The van der Waals surface area contributed by atoms with Crippen LogP contribution in [0, 0.1) is 0 Å². The lowest BCUT2D eigenvalue weighted by atomic mass is 9.87. The summed E-state index contributed by atoms with van der Waals surface area (Å²) in [4.78, 5) is 2.73. The van der Waals surface area contributed by atoms with Gasteiger partial charge in [0.15, 0.2) is 0 Å². The lowest BCUT2D eigenvalue weighted by Crippen LogP contribution is -2.58. The first-order valence-corrected chi connectivity index (χ1v) is 8.61. The zero-order chi connectivity index (χ0) is 15.0. The molecule has 0 spiro atoms. The lowest BCUT2D eigenvalue weighted by Gasteiger charge is -2.44. The zero-order valence-electron chi connectivity index (χ0n) is 14.3. The molecule has 0 aromatic heterocycles. The van der Waals surface area contributed by atoms with E-state index in [1.165, 1.54) is 57.2 Å². The molecule has 0 amide bonds. The van der Waals surface area contributed by atoms with E-state index in [-0.39, 0.29) is 5.54 Å². The van der Waals surface area contributed by atoms with Gasteiger partial charge in [0, 0.05) is 11.6 Å². The summed E-state index contributed by atoms with van der Waals surface area (Å²) in [5.41, 5.74) is 1.55. The van der Waals surface area contributed by atoms with Crippen LogP contribution in [0.5, 0.6) is 0 Å². The number of hydrogen-bond donors (Lipinski definition) is 1. The molecule has 1 N–H and O–H groups in total. The fourth-order valence-electron chi connectivity index (χ4n) is 3.28. The first kappa shape index (κ1) is 17.7. The lowest BCUT2D eigenvalue weighted by molar-refractivity contribution is 0.0801. The first-order chi connectivity index (χ1) is 9.48. The normalized spacial score (nSPS) is 19.6. The Bertz CT molecular complexity index is 275. The van der Waals surface area contributed by atoms with Crippen molar-refractivity contribution < 1.29 is 0 Å². The molecule has 118 valence electrons. The van der Waals surface area contributed by atoms with Crippen LogP contribution in [0.25, 0.3) is 0 Å². The summed E-state index contributed by atoms with van der Waals surface area (Å²) >= 11 is 0. The average Bonchev–Trinajstić information content (AvgIpc) is 2.67. The predicted octanol–water partition coefficient (Wildman–Crippen LogP) is 4.37. The highest BCUT2D eigenvalue weighted by atomic mass is 15.2. The van der Waals surface area contributed by atoms with Gasteiger partial charge >= 0.3 is 0 Å². The van der Waals surface area contributed by atoms with E-state index in [0.29, 0.717) is 6.04 Å². The topological polar surface area (TPSA) is 15.3 Å². The van der Waals surface area contributed by atoms with Gasteiger partial charge in [-0.05, 0) is 72.5 Å². The number of nitrogens with one attached hydrogen (secondary N) is 1. The molecule has 0 saturated carbocycles. The maximum atomic E-state index is 4.08. The van der Waals surface area contributed by atoms with Crippen LogP contribution in [0.3, 0.4) is 0 Å². The summed E-state index contributed by atoms with van der Waals surface area (Å²) in [6.07, 6.45) is 9.10. The van der Waals surface area contributed by atoms with Crippen LogP contribution in [-0.4, -0.2) is 36.1 Å². The molecule has 1 aliphatic heterocycles. The molecule has 2 heteroatoms. The number of allylic oxidation sites excluding steroid dienone is 1. The van der Waals surface area contributed by atoms with Crippen LogP contribution in [0.15, 0.2) is 12.2 Å². The smallest absolute Gasteiger partial charge is 0.0306 e. The van der Waals surface area contributed by atoms with Gasteiger partial charge in [0.25, 0.3) is 0 Å². The SMILES string of the molecule is C=C(C)CCC(NCCC)C(C)(C)N1CCCCCC1. The molecule has 1 unspecified atom stereocenters. The largest absolute Gasteiger partial charge is 0.312 e. The molecule has 1 rings (SSSR count). The van der Waals surface area contributed by atoms with Crippen molar-refractivity contribution in [2.24, 2.45) is 0 Å². The van der Waals surface area contributed by atoms with Crippen LogP contribution in [-0.2, 0) is 0 Å². The maximum absolute atomic E-state index is 4.08. The molecular formula is C18H36N2. The highest BCUT2D eigenvalue weighted by Gasteiger charge is 2.34. The standard InChI is InChI=1S/C18H36N2/c1-6-13-19-17(12-11-16(2)3)18(4,5)20-14-9-7-8-10-15-20/h17,19H,2,6-15H2,1,3-5H3. The minimum atomic E-state index is 0.245. The Balaban J connectivity index is 2.69. The van der Waals surface area contributed by atoms with Crippen LogP contribution in [0.1, 0.15) is 72.6 Å². The molecule has 1 fully saturated rings. The molecule has 0 aromatic carbocycles. The van der Waals surface area contributed by atoms with Gasteiger partial charge in [0.05, 0.1) is 0 Å². The van der Waals surface area contributed by atoms with Crippen LogP contribution in [0.2, 0.25) is 0 Å². The van der Waals surface area contributed by atoms with Gasteiger partial charge in [-0.25, -0.2) is 0 Å². The fourth-order valence-corrected chi connectivity index (χ4v) is 3.28. The summed E-state index contributed by atoms with van der Waals surface area (Å²) in [5, 5.41) is 3.80. The van der Waals surface area contributed by atoms with Gasteiger partial charge in [-0.1, -0.05) is 25.3 Å². The average molecular weight is 280 g/mol. The van der Waals surface area contributed by atoms with Crippen molar-refractivity contribution >= 4 is 0 Å². The third kappa shape index (κ3) is 5.57. The molecule has 1 atom stereocenters. The van der Waals surface area contributed by atoms with E-state index in [1.807, 2.05) is 0 Å². The third-order valence-electron chi connectivity index (χ3n) is 4.77. The highest BCUT2D eigenvalue weighted by molar-refractivity contribution is 4.98. The number of hydrogen-bond acceptors (Lipinski definition) is 2. The molecule has 0 aromatic rings. The van der Waals surface area contributed by atoms with Gasteiger partial charge in [0.1, 0.15) is 0 Å². The Morgan fingerprint density at radius 2 is 1.80 bits per heavy atom. The van der Waals surface area contributed by atoms with Crippen LogP contribution < -0.4 is 5.32 Å². The van der Waals surface area contributed by atoms with Crippen LogP contribution in [0.4, 0.5) is 0 Å². The zero-order valence-corrected chi connectivity index (χ0v) is 14.3. The second kappa shape index (κ2) is 8.84. The van der Waals surface area contributed by atoms with Gasteiger partial charge in [-0.15, -0.1) is 6.58 Å². The maximum Gasteiger partial charge on any atom is 0.0306 e. The minimum Gasteiger partial charge on any atom is -0.312 e. The molecule has 1 aliphatic rings. The van der Waals surface area contributed by atoms with Gasteiger partial charge in [-0.2, -0.15) is 0 Å². The van der Waals surface area contributed by atoms with Crippen molar-refractivity contribution in [3.8, 4) is 0 Å². The Kier molecular flexibility index (Phi) is 7.83. The first-order valence-electron chi connectivity index (χ1n) is 8.61. The van der Waals surface area contributed by atoms with Gasteiger partial charge < -0.3 is 5.32 Å². The Labute approximate surface area is 127 Å². The highest BCUT2D eigenvalue weighted by Crippen LogP contribution is 2.26. The summed E-state index contributed by atoms with van der Waals surface area (Å²) in [7, 11) is 0. The number of rotatable bonds is 8. The van der Waals surface area contributed by atoms with E-state index in [2.05, 4.69) is 44.5 Å². The van der Waals surface area contributed by atoms with Crippen molar-refractivity contribution in [1.29, 1.82) is 0 Å². The predicted molar refractivity (Wildman–Crippen MR) is 90.2 cm³/mol. The van der Waals surface area contributed by atoms with Gasteiger partial charge in [0.2, 0.25) is 0 Å². The van der Waals surface area contributed by atoms with Crippen molar-refractivity contribution in [2.75, 3.05) is 19.6 Å². The van der Waals surface area contributed by atoms with E-state index in [0.717, 1.165) is 13.0 Å². The number of nitrogens with zero attached hydrogens (tertiary/aromatic N) is 1. The molecule has 20 heavy (non-hydrogen) atoms. The molecule has 1 saturated heterocycles. The van der Waals surface area contributed by atoms with E-state index in [9.17, 15) is 0 Å². The second-order valence-electron chi connectivity index (χ2n) is 7.06. The summed E-state index contributed by atoms with van der Waals surface area (Å²) in [5.74, 6) is 0. The van der Waals surface area contributed by atoms with Crippen molar-refractivity contribution in [1.82, 2.24) is 10.2 Å². The monoisotopic (exact) mass is 280 g/mol. The van der Waals surface area contributed by atoms with Gasteiger partial charge in [-0.3, -0.25) is 4.90 Å². The molecule has 2 nitrogen and oxygen atoms in total. The summed E-state index contributed by atoms with van der Waals surface area (Å²) < 4.78 is 0. The Morgan fingerprint density at radius 1 is 1.20 bits per heavy atom. The summed E-state index contributed by atoms with van der Waals surface area (Å²) in [6.45, 7) is 17.0. The van der Waals surface area contributed by atoms with E-state index in [4.69, 9.17) is 0 Å². The summed E-state index contributed by atoms with van der Waals surface area (Å²) in [6, 6.07) is 0.567. The van der Waals surface area contributed by atoms with E-state index >= 15 is 0 Å². The number of likely N-dealkylation sites (tertiary alicyclic amines) is 1. The minimum absolute atomic E-state index is 0.245. The van der Waals surface area contributed by atoms with Crippen molar-refractivity contribution in [3.63, 3.8) is 0 Å².